The lowest BCUT2D eigenvalue weighted by Crippen LogP contribution is -2.33. The van der Waals surface area contributed by atoms with Crippen LogP contribution in [0.3, 0.4) is 0 Å². The van der Waals surface area contributed by atoms with Gasteiger partial charge < -0.3 is 14.8 Å². The average Bonchev–Trinajstić information content (AvgIpc) is 2.77. The standard InChI is InChI=1S/C21H19N3O4/c1-27-17-9-7-16(8-10-17)20(15-5-3-2-4-6-15)24-19(25)14-28-21(26)18-13-22-11-12-23-18/h2-13,20H,14H2,1H3,(H,24,25)/t20-/m1/s1. The number of ether oxygens (including phenoxy) is 2. The number of rotatable bonds is 7. The second-order valence-electron chi connectivity index (χ2n) is 5.85. The van der Waals surface area contributed by atoms with Crippen molar-refractivity contribution in [3.8, 4) is 5.75 Å². The lowest BCUT2D eigenvalue weighted by Gasteiger charge is -2.20. The van der Waals surface area contributed by atoms with E-state index in [0.29, 0.717) is 0 Å². The van der Waals surface area contributed by atoms with E-state index in [1.54, 1.807) is 7.11 Å². The Morgan fingerprint density at radius 3 is 2.36 bits per heavy atom. The molecule has 1 atom stereocenters. The van der Waals surface area contributed by atoms with Gasteiger partial charge in [-0.05, 0) is 23.3 Å². The minimum absolute atomic E-state index is 0.0464. The summed E-state index contributed by atoms with van der Waals surface area (Å²) < 4.78 is 10.2. The van der Waals surface area contributed by atoms with Crippen molar-refractivity contribution in [1.29, 1.82) is 0 Å². The van der Waals surface area contributed by atoms with Crippen LogP contribution in [0.15, 0.2) is 73.2 Å². The maximum Gasteiger partial charge on any atom is 0.359 e. The summed E-state index contributed by atoms with van der Waals surface area (Å²) in [5, 5.41) is 2.90. The van der Waals surface area contributed by atoms with Crippen molar-refractivity contribution in [1.82, 2.24) is 15.3 Å². The molecule has 28 heavy (non-hydrogen) atoms. The number of benzene rings is 2. The smallest absolute Gasteiger partial charge is 0.359 e. The molecule has 1 aromatic heterocycles. The molecule has 1 heterocycles. The van der Waals surface area contributed by atoms with Crippen LogP contribution in [-0.2, 0) is 9.53 Å². The number of methoxy groups -OCH3 is 1. The molecule has 0 aliphatic rings. The molecule has 1 amide bonds. The van der Waals surface area contributed by atoms with Crippen molar-refractivity contribution < 1.29 is 19.1 Å². The predicted octanol–water partition coefficient (Wildman–Crippen LogP) is 2.55. The van der Waals surface area contributed by atoms with Crippen LogP contribution in [0.25, 0.3) is 0 Å². The number of hydrogen-bond acceptors (Lipinski definition) is 6. The van der Waals surface area contributed by atoms with Crippen LogP contribution in [0.1, 0.15) is 27.7 Å². The van der Waals surface area contributed by atoms with Gasteiger partial charge in [-0.3, -0.25) is 9.78 Å². The summed E-state index contributed by atoms with van der Waals surface area (Å²) in [5.41, 5.74) is 1.83. The van der Waals surface area contributed by atoms with Gasteiger partial charge in [-0.1, -0.05) is 42.5 Å². The number of esters is 1. The zero-order valence-electron chi connectivity index (χ0n) is 15.2. The SMILES string of the molecule is COc1ccc([C@H](NC(=O)COC(=O)c2cnccn2)c2ccccc2)cc1. The Balaban J connectivity index is 1.70. The zero-order valence-corrected chi connectivity index (χ0v) is 15.2. The van der Waals surface area contributed by atoms with Gasteiger partial charge in [0.1, 0.15) is 5.75 Å². The van der Waals surface area contributed by atoms with Crippen molar-refractivity contribution in [2.45, 2.75) is 6.04 Å². The van der Waals surface area contributed by atoms with Crippen LogP contribution in [0, 0.1) is 0 Å². The minimum Gasteiger partial charge on any atom is -0.497 e. The van der Waals surface area contributed by atoms with E-state index in [1.165, 1.54) is 18.6 Å². The van der Waals surface area contributed by atoms with Crippen LogP contribution in [0.5, 0.6) is 5.75 Å². The molecule has 7 heteroatoms. The van der Waals surface area contributed by atoms with Crippen LogP contribution < -0.4 is 10.1 Å². The Morgan fingerprint density at radius 1 is 1.00 bits per heavy atom. The first-order valence-corrected chi connectivity index (χ1v) is 8.59. The highest BCUT2D eigenvalue weighted by molar-refractivity contribution is 5.89. The molecule has 0 bridgehead atoms. The summed E-state index contributed by atoms with van der Waals surface area (Å²) in [4.78, 5) is 32.0. The first-order chi connectivity index (χ1) is 13.7. The first kappa shape index (κ1) is 19.0. The van der Waals surface area contributed by atoms with Gasteiger partial charge in [0.25, 0.3) is 5.91 Å². The number of nitrogens with one attached hydrogen (secondary N) is 1. The van der Waals surface area contributed by atoms with Gasteiger partial charge in [0.2, 0.25) is 0 Å². The third-order valence-corrected chi connectivity index (χ3v) is 3.99. The van der Waals surface area contributed by atoms with Crippen molar-refractivity contribution in [2.24, 2.45) is 0 Å². The molecule has 3 aromatic rings. The van der Waals surface area contributed by atoms with Gasteiger partial charge in [-0.2, -0.15) is 0 Å². The summed E-state index contributed by atoms with van der Waals surface area (Å²) in [5.74, 6) is -0.411. The molecule has 0 spiro atoms. The van der Waals surface area contributed by atoms with Gasteiger partial charge >= 0.3 is 5.97 Å². The minimum atomic E-state index is -0.705. The molecule has 2 aromatic carbocycles. The summed E-state index contributed by atoms with van der Waals surface area (Å²) in [6.07, 6.45) is 4.11. The van der Waals surface area contributed by atoms with E-state index in [2.05, 4.69) is 15.3 Å². The Labute approximate surface area is 162 Å². The Hall–Kier alpha value is -3.74. The third kappa shape index (κ3) is 4.91. The van der Waals surface area contributed by atoms with Crippen molar-refractivity contribution in [2.75, 3.05) is 13.7 Å². The maximum atomic E-state index is 12.4. The van der Waals surface area contributed by atoms with Crippen molar-refractivity contribution >= 4 is 11.9 Å². The summed E-state index contributed by atoms with van der Waals surface area (Å²) in [7, 11) is 1.59. The number of hydrogen-bond donors (Lipinski definition) is 1. The fourth-order valence-electron chi connectivity index (χ4n) is 2.61. The van der Waals surface area contributed by atoms with Crippen LogP contribution >= 0.6 is 0 Å². The molecule has 1 N–H and O–H groups in total. The van der Waals surface area contributed by atoms with E-state index in [0.717, 1.165) is 16.9 Å². The molecule has 0 aliphatic carbocycles. The molecule has 0 saturated carbocycles. The number of carbonyl (C=O) groups is 2. The second-order valence-corrected chi connectivity index (χ2v) is 5.85. The monoisotopic (exact) mass is 377 g/mol. The van der Waals surface area contributed by atoms with Crippen LogP contribution in [-0.4, -0.2) is 35.6 Å². The molecule has 0 unspecified atom stereocenters. The number of carbonyl (C=O) groups excluding carboxylic acids is 2. The highest BCUT2D eigenvalue weighted by Crippen LogP contribution is 2.24. The Bertz CT molecular complexity index is 915. The zero-order chi connectivity index (χ0) is 19.8. The van der Waals surface area contributed by atoms with E-state index in [-0.39, 0.29) is 5.69 Å². The van der Waals surface area contributed by atoms with E-state index < -0.39 is 24.5 Å². The Kier molecular flexibility index (Phi) is 6.30. The largest absolute Gasteiger partial charge is 0.497 e. The lowest BCUT2D eigenvalue weighted by atomic mass is 9.98. The van der Waals surface area contributed by atoms with Crippen molar-refractivity contribution in [3.05, 3.63) is 90.0 Å². The van der Waals surface area contributed by atoms with E-state index in [9.17, 15) is 9.59 Å². The van der Waals surface area contributed by atoms with Gasteiger partial charge in [0, 0.05) is 12.4 Å². The quantitative estimate of drug-likeness (QED) is 0.637. The fraction of sp³-hybridized carbons (Fsp3) is 0.143. The normalized spacial score (nSPS) is 11.3. The summed E-state index contributed by atoms with van der Waals surface area (Å²) in [6.45, 7) is -0.422. The average molecular weight is 377 g/mol. The van der Waals surface area contributed by atoms with E-state index in [1.807, 2.05) is 54.6 Å². The van der Waals surface area contributed by atoms with Crippen LogP contribution in [0.2, 0.25) is 0 Å². The second kappa shape index (κ2) is 9.27. The maximum absolute atomic E-state index is 12.4. The molecule has 0 saturated heterocycles. The van der Waals surface area contributed by atoms with Crippen molar-refractivity contribution in [3.63, 3.8) is 0 Å². The van der Waals surface area contributed by atoms with E-state index >= 15 is 0 Å². The number of aromatic nitrogens is 2. The molecular formula is C21H19N3O4. The molecule has 0 fully saturated rings. The molecular weight excluding hydrogens is 358 g/mol. The fourth-order valence-corrected chi connectivity index (χ4v) is 2.61. The highest BCUT2D eigenvalue weighted by atomic mass is 16.5. The molecule has 7 nitrogen and oxygen atoms in total. The van der Waals surface area contributed by atoms with Crippen LogP contribution in [0.4, 0.5) is 0 Å². The lowest BCUT2D eigenvalue weighted by molar-refractivity contribution is -0.124. The highest BCUT2D eigenvalue weighted by Gasteiger charge is 2.18. The topological polar surface area (TPSA) is 90.4 Å². The van der Waals surface area contributed by atoms with E-state index in [4.69, 9.17) is 9.47 Å². The molecule has 3 rings (SSSR count). The number of nitrogens with zero attached hydrogens (tertiary/aromatic N) is 2. The summed E-state index contributed by atoms with van der Waals surface area (Å²) >= 11 is 0. The third-order valence-electron chi connectivity index (χ3n) is 3.99. The molecule has 142 valence electrons. The predicted molar refractivity (Wildman–Crippen MR) is 102 cm³/mol. The summed E-state index contributed by atoms with van der Waals surface area (Å²) in [6, 6.07) is 16.5. The van der Waals surface area contributed by atoms with Gasteiger partial charge in [0.05, 0.1) is 19.3 Å². The first-order valence-electron chi connectivity index (χ1n) is 8.59. The molecule has 0 radical (unpaired) electrons. The van der Waals surface area contributed by atoms with Gasteiger partial charge in [-0.15, -0.1) is 0 Å². The molecule has 0 aliphatic heterocycles. The Morgan fingerprint density at radius 2 is 1.71 bits per heavy atom. The van der Waals surface area contributed by atoms with Gasteiger partial charge in [-0.25, -0.2) is 9.78 Å². The van der Waals surface area contributed by atoms with Gasteiger partial charge in [0.15, 0.2) is 12.3 Å². The number of amides is 1.